The number of hydrogen-bond donors (Lipinski definition) is 1. The van der Waals surface area contributed by atoms with Crippen LogP contribution in [-0.4, -0.2) is 48.1 Å². The van der Waals surface area contributed by atoms with Gasteiger partial charge in [0.05, 0.1) is 34.0 Å². The molecule has 2 heterocycles. The average molecular weight is 553 g/mol. The maximum atomic E-state index is 14.6. The Hall–Kier alpha value is -2.58. The summed E-state index contributed by atoms with van der Waals surface area (Å²) >= 11 is 12.6. The van der Waals surface area contributed by atoms with Crippen LogP contribution in [-0.2, 0) is 22.0 Å². The normalized spacial score (nSPS) is 16.8. The largest absolute Gasteiger partial charge is 0.451 e. The zero-order valence-corrected chi connectivity index (χ0v) is 20.2. The lowest BCUT2D eigenvalue weighted by Gasteiger charge is -2.19. The van der Waals surface area contributed by atoms with Crippen molar-refractivity contribution in [3.05, 3.63) is 56.8 Å². The van der Waals surface area contributed by atoms with E-state index >= 15 is 0 Å². The molecule has 1 saturated heterocycles. The van der Waals surface area contributed by atoms with Crippen molar-refractivity contribution in [2.75, 3.05) is 17.8 Å². The fourth-order valence-electron chi connectivity index (χ4n) is 3.51. The van der Waals surface area contributed by atoms with E-state index in [-0.39, 0.29) is 41.4 Å². The Morgan fingerprint density at radius 3 is 2.66 bits per heavy atom. The molecule has 0 saturated carbocycles. The number of anilines is 1. The third kappa shape index (κ3) is 5.19. The summed E-state index contributed by atoms with van der Waals surface area (Å²) in [4.78, 5) is 16.5. The summed E-state index contributed by atoms with van der Waals surface area (Å²) in [7, 11) is -2.76. The van der Waals surface area contributed by atoms with E-state index in [1.165, 1.54) is 30.1 Å². The Morgan fingerprint density at radius 1 is 1.20 bits per heavy atom. The Balaban J connectivity index is 1.62. The Kier molecular flexibility index (Phi) is 7.16. The van der Waals surface area contributed by atoms with Gasteiger partial charge in [0, 0.05) is 20.1 Å². The van der Waals surface area contributed by atoms with Gasteiger partial charge in [0.25, 0.3) is 5.56 Å². The molecule has 1 atom stereocenters. The molecule has 9 nitrogen and oxygen atoms in total. The maximum Gasteiger partial charge on any atom is 0.345 e. The van der Waals surface area contributed by atoms with E-state index in [0.717, 1.165) is 16.4 Å². The molecule has 1 N–H and O–H groups in total. The highest BCUT2D eigenvalue weighted by atomic mass is 35.5. The number of ether oxygens (including phenoxy) is 2. The van der Waals surface area contributed by atoms with E-state index in [9.17, 15) is 26.4 Å². The van der Waals surface area contributed by atoms with E-state index in [1.54, 1.807) is 0 Å². The lowest BCUT2D eigenvalue weighted by atomic mass is 10.2. The van der Waals surface area contributed by atoms with E-state index in [0.29, 0.717) is 5.52 Å². The predicted octanol–water partition coefficient (Wildman–Crippen LogP) is 4.14. The van der Waals surface area contributed by atoms with Crippen LogP contribution in [0, 0.1) is 5.82 Å². The molecule has 0 radical (unpaired) electrons. The molecule has 0 aliphatic carbocycles. The van der Waals surface area contributed by atoms with Crippen LogP contribution in [0.25, 0.3) is 10.9 Å². The number of nitrogens with zero attached hydrogens (tertiary/aromatic N) is 3. The molecule has 1 fully saturated rings. The fraction of sp³-hybridized carbons (Fsp3) is 0.300. The van der Waals surface area contributed by atoms with Crippen molar-refractivity contribution < 1.29 is 31.1 Å². The zero-order chi connectivity index (χ0) is 25.5. The standard InChI is InChI=1S/C20H17Cl2F3N4O5S/c1-28-9-26-12-4-5-14(17(22)15(12)19(28)30)34-18-11(23)2-3-13(16(18)21)27-35(31,32)29-7-6-10(8-29)33-20(24)25/h2-5,9-10,20,27H,6-8H2,1H3/t10-/m1/s1. The Bertz CT molecular complexity index is 1450. The number of hydrogen-bond acceptors (Lipinski definition) is 6. The molecule has 188 valence electrons. The van der Waals surface area contributed by atoms with Gasteiger partial charge in [-0.05, 0) is 30.7 Å². The molecule has 0 unspecified atom stereocenters. The van der Waals surface area contributed by atoms with E-state index in [4.69, 9.17) is 27.9 Å². The lowest BCUT2D eigenvalue weighted by Crippen LogP contribution is -2.35. The van der Waals surface area contributed by atoms with Crippen LogP contribution in [0.4, 0.5) is 18.9 Å². The highest BCUT2D eigenvalue weighted by Crippen LogP contribution is 2.41. The molecule has 1 aliphatic rings. The fourth-order valence-corrected chi connectivity index (χ4v) is 5.36. The number of aromatic nitrogens is 2. The van der Waals surface area contributed by atoms with Crippen LogP contribution in [0.5, 0.6) is 11.5 Å². The van der Waals surface area contributed by atoms with Crippen LogP contribution in [0.1, 0.15) is 6.42 Å². The first-order chi connectivity index (χ1) is 16.5. The van der Waals surface area contributed by atoms with E-state index in [1.807, 2.05) is 0 Å². The van der Waals surface area contributed by atoms with Crippen LogP contribution < -0.4 is 15.0 Å². The van der Waals surface area contributed by atoms with Crippen LogP contribution in [0.2, 0.25) is 10.0 Å². The first-order valence-corrected chi connectivity index (χ1v) is 12.2. The van der Waals surface area contributed by atoms with Gasteiger partial charge in [0.2, 0.25) is 0 Å². The Labute approximate surface area is 207 Å². The monoisotopic (exact) mass is 552 g/mol. The van der Waals surface area contributed by atoms with Gasteiger partial charge in [-0.2, -0.15) is 21.5 Å². The zero-order valence-electron chi connectivity index (χ0n) is 17.8. The number of benzene rings is 2. The second-order valence-electron chi connectivity index (χ2n) is 7.55. The van der Waals surface area contributed by atoms with Crippen LogP contribution in [0.3, 0.4) is 0 Å². The summed E-state index contributed by atoms with van der Waals surface area (Å²) in [6.45, 7) is -3.39. The number of alkyl halides is 2. The van der Waals surface area contributed by atoms with Crippen molar-refractivity contribution in [2.24, 2.45) is 7.05 Å². The summed E-state index contributed by atoms with van der Waals surface area (Å²) in [5, 5.41) is -0.527. The summed E-state index contributed by atoms with van der Waals surface area (Å²) < 4.78 is 79.1. The number of nitrogens with one attached hydrogen (secondary N) is 1. The Morgan fingerprint density at radius 2 is 1.94 bits per heavy atom. The summed E-state index contributed by atoms with van der Waals surface area (Å²) in [6.07, 6.45) is 0.424. The number of aryl methyl sites for hydroxylation is 1. The molecule has 3 aromatic rings. The van der Waals surface area contributed by atoms with Crippen molar-refractivity contribution in [3.63, 3.8) is 0 Å². The first-order valence-electron chi connectivity index (χ1n) is 9.99. The van der Waals surface area contributed by atoms with Crippen molar-refractivity contribution in [1.29, 1.82) is 0 Å². The highest BCUT2D eigenvalue weighted by molar-refractivity contribution is 7.90. The minimum absolute atomic E-state index is 0.0390. The topological polar surface area (TPSA) is 103 Å². The smallest absolute Gasteiger partial charge is 0.345 e. The van der Waals surface area contributed by atoms with Crippen LogP contribution >= 0.6 is 23.2 Å². The minimum atomic E-state index is -4.24. The molecule has 15 heteroatoms. The molecular weight excluding hydrogens is 536 g/mol. The van der Waals surface area contributed by atoms with Gasteiger partial charge >= 0.3 is 16.8 Å². The molecule has 1 aliphatic heterocycles. The third-order valence-electron chi connectivity index (χ3n) is 5.23. The van der Waals surface area contributed by atoms with Crippen molar-refractivity contribution >= 4 is 50.0 Å². The van der Waals surface area contributed by atoms with Gasteiger partial charge in [0.15, 0.2) is 11.6 Å². The average Bonchev–Trinajstić information content (AvgIpc) is 3.26. The number of fused-ring (bicyclic) bond motifs is 1. The van der Waals surface area contributed by atoms with Gasteiger partial charge in [-0.25, -0.2) is 9.37 Å². The van der Waals surface area contributed by atoms with Gasteiger partial charge in [0.1, 0.15) is 10.8 Å². The SMILES string of the molecule is Cn1cnc2ccc(Oc3c(F)ccc(NS(=O)(=O)N4CC[C@@H](OC(F)F)C4)c3Cl)c(Cl)c2c1=O. The molecule has 4 rings (SSSR count). The second kappa shape index (κ2) is 9.82. The summed E-state index contributed by atoms with van der Waals surface area (Å²) in [5.41, 5.74) is -0.396. The molecule has 0 bridgehead atoms. The van der Waals surface area contributed by atoms with Crippen molar-refractivity contribution in [2.45, 2.75) is 19.1 Å². The summed E-state index contributed by atoms with van der Waals surface area (Å²) in [6, 6.07) is 4.80. The molecule has 1 aromatic heterocycles. The predicted molar refractivity (Wildman–Crippen MR) is 123 cm³/mol. The minimum Gasteiger partial charge on any atom is -0.451 e. The highest BCUT2D eigenvalue weighted by Gasteiger charge is 2.34. The molecule has 35 heavy (non-hydrogen) atoms. The quantitative estimate of drug-likeness (QED) is 0.472. The summed E-state index contributed by atoms with van der Waals surface area (Å²) in [5.74, 6) is -1.59. The number of rotatable bonds is 7. The van der Waals surface area contributed by atoms with Gasteiger partial charge in [-0.1, -0.05) is 23.2 Å². The molecule has 2 aromatic carbocycles. The molecule has 0 amide bonds. The van der Waals surface area contributed by atoms with Crippen LogP contribution in [0.15, 0.2) is 35.4 Å². The lowest BCUT2D eigenvalue weighted by molar-refractivity contribution is -0.157. The van der Waals surface area contributed by atoms with E-state index in [2.05, 4.69) is 14.4 Å². The van der Waals surface area contributed by atoms with Crippen molar-refractivity contribution in [1.82, 2.24) is 13.9 Å². The molecular formula is C20H17Cl2F3N4O5S. The van der Waals surface area contributed by atoms with Gasteiger partial charge < -0.3 is 14.0 Å². The van der Waals surface area contributed by atoms with E-state index < -0.39 is 45.1 Å². The second-order valence-corrected chi connectivity index (χ2v) is 9.97. The molecule has 0 spiro atoms. The third-order valence-corrected chi connectivity index (χ3v) is 7.47. The first kappa shape index (κ1) is 25.5. The van der Waals surface area contributed by atoms with Crippen molar-refractivity contribution in [3.8, 4) is 11.5 Å². The maximum absolute atomic E-state index is 14.6. The van der Waals surface area contributed by atoms with Gasteiger partial charge in [-0.15, -0.1) is 0 Å². The van der Waals surface area contributed by atoms with Gasteiger partial charge in [-0.3, -0.25) is 9.52 Å². The number of halogens is 5.